The van der Waals surface area contributed by atoms with Crippen molar-refractivity contribution in [2.75, 3.05) is 7.05 Å². The van der Waals surface area contributed by atoms with Crippen LogP contribution in [0.3, 0.4) is 0 Å². The van der Waals surface area contributed by atoms with Crippen molar-refractivity contribution in [2.45, 2.75) is 24.5 Å². The zero-order valence-electron chi connectivity index (χ0n) is 11.1. The molecule has 1 aromatic carbocycles. The molecule has 108 valence electrons. The predicted molar refractivity (Wildman–Crippen MR) is 74.4 cm³/mol. The molecule has 0 spiro atoms. The summed E-state index contributed by atoms with van der Waals surface area (Å²) in [5.74, 6) is -1.35. The molecule has 2 rings (SSSR count). The van der Waals surface area contributed by atoms with E-state index >= 15 is 0 Å². The Morgan fingerprint density at radius 3 is 2.50 bits per heavy atom. The van der Waals surface area contributed by atoms with Crippen LogP contribution in [-0.2, 0) is 4.79 Å². The second-order valence-corrected chi connectivity index (χ2v) is 5.84. The summed E-state index contributed by atoms with van der Waals surface area (Å²) in [5.41, 5.74) is 0.220. The van der Waals surface area contributed by atoms with E-state index in [9.17, 15) is 9.59 Å². The van der Waals surface area contributed by atoms with Crippen LogP contribution in [0.25, 0.3) is 0 Å². The highest BCUT2D eigenvalue weighted by Gasteiger charge is 2.36. The van der Waals surface area contributed by atoms with Gasteiger partial charge in [-0.2, -0.15) is 0 Å². The number of ether oxygens (including phenoxy) is 2. The Kier molecular flexibility index (Phi) is 3.84. The van der Waals surface area contributed by atoms with Gasteiger partial charge in [-0.05, 0) is 12.1 Å². The molecule has 2 amide bonds. The monoisotopic (exact) mass is 317 g/mol. The molecule has 5 nitrogen and oxygen atoms in total. The largest absolute Gasteiger partial charge is 0.449 e. The number of carbonyl (C=O) groups is 2. The molecule has 0 saturated carbocycles. The number of rotatable bonds is 2. The molecule has 0 fully saturated rings. The fourth-order valence-corrected chi connectivity index (χ4v) is 2.12. The van der Waals surface area contributed by atoms with E-state index in [0.717, 1.165) is 4.90 Å². The van der Waals surface area contributed by atoms with Gasteiger partial charge in [0.15, 0.2) is 16.3 Å². The molecule has 0 unspecified atom stereocenters. The standard InChI is InChI=1S/C13H13Cl2NO4/c1-13(2)19-8-6-4-5-7(9(8)20-13)11(17)16(3)12(18)10(14)15/h4-6,10H,1-3H3. The summed E-state index contributed by atoms with van der Waals surface area (Å²) in [6.45, 7) is 3.45. The number of hydrogen-bond donors (Lipinski definition) is 0. The minimum Gasteiger partial charge on any atom is -0.449 e. The average Bonchev–Trinajstić information content (AvgIpc) is 2.69. The third-order valence-corrected chi connectivity index (χ3v) is 3.11. The van der Waals surface area contributed by atoms with Crippen LogP contribution in [0, 0.1) is 0 Å². The Hall–Kier alpha value is -1.46. The van der Waals surface area contributed by atoms with Gasteiger partial charge in [0.25, 0.3) is 11.8 Å². The fourth-order valence-electron chi connectivity index (χ4n) is 1.83. The summed E-state index contributed by atoms with van der Waals surface area (Å²) in [4.78, 5) is 23.5. The van der Waals surface area contributed by atoms with Crippen LogP contribution in [-0.4, -0.2) is 34.4 Å². The lowest BCUT2D eigenvalue weighted by Crippen LogP contribution is -2.37. The van der Waals surface area contributed by atoms with Crippen LogP contribution in [0.1, 0.15) is 24.2 Å². The second-order valence-electron chi connectivity index (χ2n) is 4.74. The third kappa shape index (κ3) is 2.69. The zero-order chi connectivity index (χ0) is 15.1. The van der Waals surface area contributed by atoms with Crippen molar-refractivity contribution >= 4 is 35.0 Å². The lowest BCUT2D eigenvalue weighted by atomic mass is 10.1. The molecule has 0 N–H and O–H groups in total. The van der Waals surface area contributed by atoms with Gasteiger partial charge in [0, 0.05) is 20.9 Å². The lowest BCUT2D eigenvalue weighted by Gasteiger charge is -2.18. The SMILES string of the molecule is CN(C(=O)c1cccc2c1OC(C)(C)O2)C(=O)C(Cl)Cl. The first-order valence-corrected chi connectivity index (χ1v) is 6.71. The van der Waals surface area contributed by atoms with Crippen LogP contribution in [0.2, 0.25) is 0 Å². The molecule has 0 atom stereocenters. The number of para-hydroxylation sites is 1. The first-order valence-electron chi connectivity index (χ1n) is 5.84. The van der Waals surface area contributed by atoms with Crippen molar-refractivity contribution in [2.24, 2.45) is 0 Å². The number of imide groups is 1. The van der Waals surface area contributed by atoms with Crippen molar-refractivity contribution in [3.8, 4) is 11.5 Å². The van der Waals surface area contributed by atoms with Crippen LogP contribution in [0.15, 0.2) is 18.2 Å². The number of halogens is 2. The fraction of sp³-hybridized carbons (Fsp3) is 0.385. The Balaban J connectivity index is 2.34. The Bertz CT molecular complexity index is 571. The molecule has 1 heterocycles. The number of carbonyl (C=O) groups excluding carboxylic acids is 2. The molecular formula is C13H13Cl2NO4. The van der Waals surface area contributed by atoms with Crippen molar-refractivity contribution < 1.29 is 19.1 Å². The highest BCUT2D eigenvalue weighted by atomic mass is 35.5. The number of hydrogen-bond acceptors (Lipinski definition) is 4. The number of fused-ring (bicyclic) bond motifs is 1. The van der Waals surface area contributed by atoms with E-state index < -0.39 is 22.4 Å². The molecule has 7 heteroatoms. The summed E-state index contributed by atoms with van der Waals surface area (Å²) in [5, 5.41) is 0. The van der Waals surface area contributed by atoms with Gasteiger partial charge in [-0.15, -0.1) is 0 Å². The first kappa shape index (κ1) is 14.9. The van der Waals surface area contributed by atoms with Gasteiger partial charge in [-0.3, -0.25) is 14.5 Å². The Labute approximate surface area is 126 Å². The normalized spacial score (nSPS) is 15.3. The van der Waals surface area contributed by atoms with Gasteiger partial charge in [-0.1, -0.05) is 29.3 Å². The van der Waals surface area contributed by atoms with E-state index in [1.54, 1.807) is 32.0 Å². The summed E-state index contributed by atoms with van der Waals surface area (Å²) in [6.07, 6.45) is 0. The van der Waals surface area contributed by atoms with E-state index in [1.165, 1.54) is 7.05 Å². The number of nitrogens with zero attached hydrogens (tertiary/aromatic N) is 1. The minimum atomic E-state index is -1.30. The van der Waals surface area contributed by atoms with E-state index in [4.69, 9.17) is 32.7 Å². The van der Waals surface area contributed by atoms with E-state index in [0.29, 0.717) is 11.5 Å². The zero-order valence-corrected chi connectivity index (χ0v) is 12.7. The van der Waals surface area contributed by atoms with E-state index in [-0.39, 0.29) is 5.56 Å². The summed E-state index contributed by atoms with van der Waals surface area (Å²) >= 11 is 11.0. The number of benzene rings is 1. The summed E-state index contributed by atoms with van der Waals surface area (Å²) < 4.78 is 11.1. The molecule has 1 aromatic rings. The van der Waals surface area contributed by atoms with Crippen molar-refractivity contribution in [1.29, 1.82) is 0 Å². The van der Waals surface area contributed by atoms with Gasteiger partial charge >= 0.3 is 0 Å². The molecule has 0 radical (unpaired) electrons. The molecule has 0 aliphatic carbocycles. The summed E-state index contributed by atoms with van der Waals surface area (Å²) in [7, 11) is 1.31. The molecule has 0 saturated heterocycles. The smallest absolute Gasteiger partial charge is 0.264 e. The van der Waals surface area contributed by atoms with Gasteiger partial charge < -0.3 is 9.47 Å². The van der Waals surface area contributed by atoms with E-state index in [1.807, 2.05) is 0 Å². The van der Waals surface area contributed by atoms with Crippen LogP contribution >= 0.6 is 23.2 Å². The Morgan fingerprint density at radius 2 is 1.90 bits per heavy atom. The van der Waals surface area contributed by atoms with Gasteiger partial charge in [0.05, 0.1) is 5.56 Å². The molecular weight excluding hydrogens is 305 g/mol. The maximum atomic E-state index is 12.3. The first-order chi connectivity index (χ1) is 9.23. The average molecular weight is 318 g/mol. The number of alkyl halides is 2. The predicted octanol–water partition coefficient (Wildman–Crippen LogP) is 2.60. The second kappa shape index (κ2) is 5.14. The van der Waals surface area contributed by atoms with Crippen molar-refractivity contribution in [3.63, 3.8) is 0 Å². The topological polar surface area (TPSA) is 55.8 Å². The van der Waals surface area contributed by atoms with Gasteiger partial charge in [-0.25, -0.2) is 0 Å². The minimum absolute atomic E-state index is 0.220. The highest BCUT2D eigenvalue weighted by molar-refractivity contribution is 6.54. The van der Waals surface area contributed by atoms with Crippen LogP contribution in [0.4, 0.5) is 0 Å². The Morgan fingerprint density at radius 1 is 1.25 bits per heavy atom. The number of amides is 2. The maximum absolute atomic E-state index is 12.3. The van der Waals surface area contributed by atoms with Crippen LogP contribution in [0.5, 0.6) is 11.5 Å². The van der Waals surface area contributed by atoms with Crippen molar-refractivity contribution in [1.82, 2.24) is 4.90 Å². The third-order valence-electron chi connectivity index (χ3n) is 2.73. The maximum Gasteiger partial charge on any atom is 0.264 e. The quantitative estimate of drug-likeness (QED) is 0.787. The van der Waals surface area contributed by atoms with Gasteiger partial charge in [0.2, 0.25) is 5.79 Å². The van der Waals surface area contributed by atoms with Crippen molar-refractivity contribution in [3.05, 3.63) is 23.8 Å². The highest BCUT2D eigenvalue weighted by Crippen LogP contribution is 2.42. The molecule has 1 aliphatic heterocycles. The van der Waals surface area contributed by atoms with Gasteiger partial charge in [0.1, 0.15) is 0 Å². The van der Waals surface area contributed by atoms with E-state index in [2.05, 4.69) is 0 Å². The molecule has 0 aromatic heterocycles. The summed E-state index contributed by atoms with van der Waals surface area (Å²) in [6, 6.07) is 4.88. The molecule has 1 aliphatic rings. The molecule has 20 heavy (non-hydrogen) atoms. The lowest BCUT2D eigenvalue weighted by molar-refractivity contribution is -0.125. The van der Waals surface area contributed by atoms with Crippen LogP contribution < -0.4 is 9.47 Å². The molecule has 0 bridgehead atoms.